The van der Waals surface area contributed by atoms with E-state index < -0.39 is 0 Å². The van der Waals surface area contributed by atoms with E-state index in [1.54, 1.807) is 0 Å². The van der Waals surface area contributed by atoms with Crippen molar-refractivity contribution in [3.8, 4) is 5.75 Å². The molecule has 104 valence electrons. The molecule has 1 fully saturated rings. The lowest BCUT2D eigenvalue weighted by molar-refractivity contribution is -0.137. The summed E-state index contributed by atoms with van der Waals surface area (Å²) in [6.07, 6.45) is 2.60. The van der Waals surface area contributed by atoms with Crippen molar-refractivity contribution >= 4 is 5.91 Å². The van der Waals surface area contributed by atoms with Crippen LogP contribution in [-0.2, 0) is 4.79 Å². The van der Waals surface area contributed by atoms with E-state index in [2.05, 4.69) is 13.0 Å². The Kier molecular flexibility index (Phi) is 4.46. The Morgan fingerprint density at radius 3 is 2.63 bits per heavy atom. The minimum atomic E-state index is -0.349. The fraction of sp³-hybridized carbons (Fsp3) is 0.562. The van der Waals surface area contributed by atoms with Gasteiger partial charge < -0.3 is 9.64 Å². The summed E-state index contributed by atoms with van der Waals surface area (Å²) in [7, 11) is 0. The smallest absolute Gasteiger partial charge is 0.263 e. The first kappa shape index (κ1) is 13.9. The first-order valence-corrected chi connectivity index (χ1v) is 7.15. The zero-order chi connectivity index (χ0) is 13.8. The molecule has 0 saturated carbocycles. The van der Waals surface area contributed by atoms with Gasteiger partial charge >= 0.3 is 0 Å². The normalized spacial score (nSPS) is 16.5. The Labute approximate surface area is 115 Å². The predicted molar refractivity (Wildman–Crippen MR) is 76.4 cm³/mol. The summed E-state index contributed by atoms with van der Waals surface area (Å²) in [4.78, 5) is 14.3. The third-order valence-corrected chi connectivity index (χ3v) is 3.89. The summed E-state index contributed by atoms with van der Waals surface area (Å²) in [6, 6.07) is 5.98. The number of benzene rings is 1. The second-order valence-corrected chi connectivity index (χ2v) is 5.25. The van der Waals surface area contributed by atoms with Gasteiger partial charge in [0.1, 0.15) is 5.75 Å². The van der Waals surface area contributed by atoms with Gasteiger partial charge in [0.15, 0.2) is 6.10 Å². The summed E-state index contributed by atoms with van der Waals surface area (Å²) in [5, 5.41) is 0. The number of likely N-dealkylation sites (tertiary alicyclic amines) is 1. The van der Waals surface area contributed by atoms with Crippen molar-refractivity contribution in [1.82, 2.24) is 4.90 Å². The molecular formula is C16H23NO2. The van der Waals surface area contributed by atoms with E-state index in [1.165, 1.54) is 5.56 Å². The molecule has 0 aromatic heterocycles. The van der Waals surface area contributed by atoms with Crippen LogP contribution in [0.5, 0.6) is 5.75 Å². The molecule has 0 spiro atoms. The Hall–Kier alpha value is -1.51. The molecule has 0 aliphatic carbocycles. The topological polar surface area (TPSA) is 29.5 Å². The van der Waals surface area contributed by atoms with Gasteiger partial charge in [-0.1, -0.05) is 19.1 Å². The van der Waals surface area contributed by atoms with E-state index in [1.807, 2.05) is 30.9 Å². The number of carbonyl (C=O) groups excluding carboxylic acids is 1. The second-order valence-electron chi connectivity index (χ2n) is 5.25. The average molecular weight is 261 g/mol. The molecule has 1 saturated heterocycles. The highest BCUT2D eigenvalue weighted by Crippen LogP contribution is 2.23. The number of rotatable bonds is 4. The van der Waals surface area contributed by atoms with Crippen molar-refractivity contribution in [3.63, 3.8) is 0 Å². The number of hydrogen-bond acceptors (Lipinski definition) is 2. The highest BCUT2D eigenvalue weighted by molar-refractivity contribution is 5.81. The molecule has 1 aliphatic heterocycles. The summed E-state index contributed by atoms with van der Waals surface area (Å²) in [5.74, 6) is 0.973. The molecule has 0 N–H and O–H groups in total. The number of hydrogen-bond donors (Lipinski definition) is 0. The van der Waals surface area contributed by atoms with Gasteiger partial charge in [0.05, 0.1) is 0 Å². The summed E-state index contributed by atoms with van der Waals surface area (Å²) in [5.41, 5.74) is 2.32. The minimum Gasteiger partial charge on any atom is -0.480 e. The van der Waals surface area contributed by atoms with Gasteiger partial charge in [-0.25, -0.2) is 0 Å². The van der Waals surface area contributed by atoms with E-state index in [4.69, 9.17) is 4.74 Å². The largest absolute Gasteiger partial charge is 0.480 e. The van der Waals surface area contributed by atoms with Gasteiger partial charge in [-0.3, -0.25) is 4.79 Å². The van der Waals surface area contributed by atoms with Gasteiger partial charge in [-0.15, -0.1) is 0 Å². The van der Waals surface area contributed by atoms with Crippen molar-refractivity contribution < 1.29 is 9.53 Å². The molecule has 2 rings (SSSR count). The minimum absolute atomic E-state index is 0.140. The molecule has 1 amide bonds. The van der Waals surface area contributed by atoms with Gasteiger partial charge in [-0.2, -0.15) is 0 Å². The second kappa shape index (κ2) is 6.09. The van der Waals surface area contributed by atoms with E-state index in [9.17, 15) is 4.79 Å². The van der Waals surface area contributed by atoms with Crippen LogP contribution >= 0.6 is 0 Å². The molecule has 0 unspecified atom stereocenters. The molecule has 0 radical (unpaired) electrons. The SMILES string of the molecule is CC[C@H](Oc1cccc(C)c1C)C(=O)N1CCCC1. The standard InChI is InChI=1S/C16H23NO2/c1-4-14(16(18)17-10-5-6-11-17)19-15-9-7-8-12(2)13(15)3/h7-9,14H,4-6,10-11H2,1-3H3/t14-/m0/s1. The average Bonchev–Trinajstić information content (AvgIpc) is 2.94. The van der Waals surface area contributed by atoms with Gasteiger partial charge in [-0.05, 0) is 50.3 Å². The quantitative estimate of drug-likeness (QED) is 0.833. The Morgan fingerprint density at radius 2 is 2.00 bits per heavy atom. The predicted octanol–water partition coefficient (Wildman–Crippen LogP) is 3.08. The lowest BCUT2D eigenvalue weighted by atomic mass is 10.1. The van der Waals surface area contributed by atoms with Crippen LogP contribution < -0.4 is 4.74 Å². The molecule has 3 nitrogen and oxygen atoms in total. The Bertz CT molecular complexity index is 450. The summed E-state index contributed by atoms with van der Waals surface area (Å²) in [6.45, 7) is 7.86. The van der Waals surface area contributed by atoms with Crippen LogP contribution in [0.4, 0.5) is 0 Å². The highest BCUT2D eigenvalue weighted by atomic mass is 16.5. The monoisotopic (exact) mass is 261 g/mol. The van der Waals surface area contributed by atoms with Crippen LogP contribution in [0.15, 0.2) is 18.2 Å². The molecule has 3 heteroatoms. The first-order chi connectivity index (χ1) is 9.13. The molecule has 1 aromatic rings. The van der Waals surface area contributed by atoms with Crippen molar-refractivity contribution in [2.24, 2.45) is 0 Å². The highest BCUT2D eigenvalue weighted by Gasteiger charge is 2.27. The van der Waals surface area contributed by atoms with Crippen LogP contribution in [0.3, 0.4) is 0 Å². The Morgan fingerprint density at radius 1 is 1.32 bits per heavy atom. The number of ether oxygens (including phenoxy) is 1. The number of amides is 1. The fourth-order valence-corrected chi connectivity index (χ4v) is 2.45. The van der Waals surface area contributed by atoms with E-state index in [0.29, 0.717) is 6.42 Å². The van der Waals surface area contributed by atoms with Gasteiger partial charge in [0.25, 0.3) is 5.91 Å². The van der Waals surface area contributed by atoms with Gasteiger partial charge in [0, 0.05) is 13.1 Å². The third kappa shape index (κ3) is 3.09. The molecular weight excluding hydrogens is 238 g/mol. The van der Waals surface area contributed by atoms with E-state index in [0.717, 1.165) is 37.2 Å². The first-order valence-electron chi connectivity index (χ1n) is 7.15. The maximum Gasteiger partial charge on any atom is 0.263 e. The number of carbonyl (C=O) groups is 1. The van der Waals surface area contributed by atoms with Crippen LogP contribution in [0.1, 0.15) is 37.3 Å². The molecule has 1 atom stereocenters. The lowest BCUT2D eigenvalue weighted by Crippen LogP contribution is -2.40. The van der Waals surface area contributed by atoms with Crippen LogP contribution in [0, 0.1) is 13.8 Å². The molecule has 1 aliphatic rings. The van der Waals surface area contributed by atoms with Crippen LogP contribution in [-0.4, -0.2) is 30.0 Å². The van der Waals surface area contributed by atoms with Crippen molar-refractivity contribution in [2.45, 2.75) is 46.1 Å². The van der Waals surface area contributed by atoms with Gasteiger partial charge in [0.2, 0.25) is 0 Å². The maximum atomic E-state index is 12.4. The zero-order valence-electron chi connectivity index (χ0n) is 12.1. The zero-order valence-corrected chi connectivity index (χ0v) is 12.1. The maximum absolute atomic E-state index is 12.4. The summed E-state index contributed by atoms with van der Waals surface area (Å²) < 4.78 is 5.96. The molecule has 1 aromatic carbocycles. The molecule has 19 heavy (non-hydrogen) atoms. The third-order valence-electron chi connectivity index (χ3n) is 3.89. The van der Waals surface area contributed by atoms with Crippen molar-refractivity contribution in [2.75, 3.05) is 13.1 Å². The van der Waals surface area contributed by atoms with Crippen LogP contribution in [0.2, 0.25) is 0 Å². The molecule has 1 heterocycles. The van der Waals surface area contributed by atoms with Crippen molar-refractivity contribution in [3.05, 3.63) is 29.3 Å². The van der Waals surface area contributed by atoms with Crippen LogP contribution in [0.25, 0.3) is 0 Å². The molecule has 0 bridgehead atoms. The number of nitrogens with zero attached hydrogens (tertiary/aromatic N) is 1. The number of aryl methyl sites for hydroxylation is 1. The fourth-order valence-electron chi connectivity index (χ4n) is 2.45. The summed E-state index contributed by atoms with van der Waals surface area (Å²) >= 11 is 0. The van der Waals surface area contributed by atoms with E-state index >= 15 is 0 Å². The van der Waals surface area contributed by atoms with E-state index in [-0.39, 0.29) is 12.0 Å². The Balaban J connectivity index is 2.10. The van der Waals surface area contributed by atoms with Crippen molar-refractivity contribution in [1.29, 1.82) is 0 Å². The lowest BCUT2D eigenvalue weighted by Gasteiger charge is -2.24.